The Morgan fingerprint density at radius 2 is 1.42 bits per heavy atom. The summed E-state index contributed by atoms with van der Waals surface area (Å²) < 4.78 is 25.8. The lowest BCUT2D eigenvalue weighted by molar-refractivity contribution is -0.147. The van der Waals surface area contributed by atoms with Crippen LogP contribution in [0.1, 0.15) is 66.4 Å². The molecule has 0 aliphatic rings. The Morgan fingerprint density at radius 1 is 0.868 bits per heavy atom. The predicted molar refractivity (Wildman–Crippen MR) is 138 cm³/mol. The Balaban J connectivity index is 2.99. The number of carboxylic acids is 1. The van der Waals surface area contributed by atoms with Gasteiger partial charge in [0.2, 0.25) is 0 Å². The number of carboxylic acid groups (broad SMARTS) is 1. The molecule has 1 rings (SSSR count). The number of carbonyl (C=O) groups is 4. The number of carbonyl (C=O) groups excluding carboxylic acids is 3. The second-order valence-electron chi connectivity index (χ2n) is 9.70. The molecule has 214 valence electrons. The van der Waals surface area contributed by atoms with E-state index in [0.717, 1.165) is 0 Å². The molecule has 0 aromatic heterocycles. The summed E-state index contributed by atoms with van der Waals surface area (Å²) in [5.41, 5.74) is 0.480. The van der Waals surface area contributed by atoms with Gasteiger partial charge < -0.3 is 34.1 Å². The van der Waals surface area contributed by atoms with E-state index in [1.54, 1.807) is 19.9 Å². The minimum absolute atomic E-state index is 0.00164. The molecule has 0 bridgehead atoms. The number of hydrogen-bond acceptors (Lipinski definition) is 10. The highest BCUT2D eigenvalue weighted by molar-refractivity contribution is 5.74. The van der Waals surface area contributed by atoms with Gasteiger partial charge in [0, 0.05) is 13.0 Å². The van der Waals surface area contributed by atoms with Crippen LogP contribution in [-0.4, -0.2) is 61.3 Å². The zero-order chi connectivity index (χ0) is 28.7. The van der Waals surface area contributed by atoms with Crippen molar-refractivity contribution in [1.82, 2.24) is 5.32 Å². The Kier molecular flexibility index (Phi) is 14.8. The fourth-order valence-electron chi connectivity index (χ4n) is 2.98. The molecule has 0 fully saturated rings. The van der Waals surface area contributed by atoms with Gasteiger partial charge >= 0.3 is 24.2 Å². The summed E-state index contributed by atoms with van der Waals surface area (Å²) in [5, 5.41) is 12.5. The Hall–Kier alpha value is -3.34. The number of esters is 1. The molecule has 1 unspecified atom stereocenters. The van der Waals surface area contributed by atoms with Crippen molar-refractivity contribution in [1.29, 1.82) is 0 Å². The van der Waals surface area contributed by atoms with Crippen LogP contribution in [0.25, 0.3) is 0 Å². The molecule has 2 N–H and O–H groups in total. The van der Waals surface area contributed by atoms with E-state index in [4.69, 9.17) is 23.7 Å². The highest BCUT2D eigenvalue weighted by Crippen LogP contribution is 2.30. The average molecular weight is 540 g/mol. The third-order valence-corrected chi connectivity index (χ3v) is 5.24. The molecule has 0 spiro atoms. The first-order valence-electron chi connectivity index (χ1n) is 12.9. The van der Waals surface area contributed by atoms with Crippen LogP contribution in [0.15, 0.2) is 18.2 Å². The summed E-state index contributed by atoms with van der Waals surface area (Å²) in [7, 11) is 0. The SMILES string of the molecule is CCC(=O)OC(C)CN[C@@H](Cc1ccc(OC(=O)OCCC(C)C)c(OC(=O)OCCC(C)C)c1)C(=O)O. The van der Waals surface area contributed by atoms with Gasteiger partial charge in [-0.3, -0.25) is 9.59 Å². The molecule has 0 radical (unpaired) electrons. The Morgan fingerprint density at radius 3 is 1.92 bits per heavy atom. The molecule has 0 saturated heterocycles. The number of rotatable bonds is 16. The molecule has 11 heteroatoms. The fraction of sp³-hybridized carbons (Fsp3) is 0.630. The summed E-state index contributed by atoms with van der Waals surface area (Å²) >= 11 is 0. The highest BCUT2D eigenvalue weighted by atomic mass is 16.7. The van der Waals surface area contributed by atoms with Crippen molar-refractivity contribution in [2.45, 2.75) is 79.4 Å². The maximum Gasteiger partial charge on any atom is 0.513 e. The molecule has 0 aliphatic carbocycles. The van der Waals surface area contributed by atoms with Crippen molar-refractivity contribution in [3.63, 3.8) is 0 Å². The van der Waals surface area contributed by atoms with Crippen LogP contribution in [0.4, 0.5) is 9.59 Å². The zero-order valence-corrected chi connectivity index (χ0v) is 23.1. The van der Waals surface area contributed by atoms with E-state index in [0.29, 0.717) is 30.2 Å². The van der Waals surface area contributed by atoms with E-state index >= 15 is 0 Å². The lowest BCUT2D eigenvalue weighted by Gasteiger charge is -2.19. The molecule has 0 aliphatic heterocycles. The Bertz CT molecular complexity index is 915. The van der Waals surface area contributed by atoms with E-state index in [9.17, 15) is 24.3 Å². The maximum atomic E-state index is 12.2. The van der Waals surface area contributed by atoms with Crippen molar-refractivity contribution in [3.05, 3.63) is 23.8 Å². The number of aliphatic carboxylic acids is 1. The van der Waals surface area contributed by atoms with Gasteiger partial charge in [-0.15, -0.1) is 0 Å². The van der Waals surface area contributed by atoms with Gasteiger partial charge in [-0.05, 0) is 55.7 Å². The maximum absolute atomic E-state index is 12.2. The van der Waals surface area contributed by atoms with Gasteiger partial charge in [-0.1, -0.05) is 40.7 Å². The molecule has 1 aromatic carbocycles. The second kappa shape index (κ2) is 17.2. The largest absolute Gasteiger partial charge is 0.513 e. The van der Waals surface area contributed by atoms with E-state index < -0.39 is 30.4 Å². The number of hydrogen-bond donors (Lipinski definition) is 2. The monoisotopic (exact) mass is 539 g/mol. The van der Waals surface area contributed by atoms with E-state index in [2.05, 4.69) is 5.32 Å². The van der Waals surface area contributed by atoms with Gasteiger partial charge in [0.1, 0.15) is 12.1 Å². The summed E-state index contributed by atoms with van der Waals surface area (Å²) in [6, 6.07) is 3.31. The molecule has 38 heavy (non-hydrogen) atoms. The first-order chi connectivity index (χ1) is 17.9. The average Bonchev–Trinajstić information content (AvgIpc) is 2.82. The molecule has 0 saturated carbocycles. The molecular formula is C27H41NO10. The summed E-state index contributed by atoms with van der Waals surface area (Å²) in [6.07, 6.45) is -0.965. The van der Waals surface area contributed by atoms with Crippen LogP contribution >= 0.6 is 0 Å². The third-order valence-electron chi connectivity index (χ3n) is 5.24. The van der Waals surface area contributed by atoms with Gasteiger partial charge in [0.05, 0.1) is 13.2 Å². The van der Waals surface area contributed by atoms with Gasteiger partial charge in [-0.2, -0.15) is 0 Å². The van der Waals surface area contributed by atoms with E-state index in [1.165, 1.54) is 12.1 Å². The second-order valence-corrected chi connectivity index (χ2v) is 9.70. The van der Waals surface area contributed by atoms with Crippen LogP contribution < -0.4 is 14.8 Å². The molecule has 1 aromatic rings. The number of nitrogens with one attached hydrogen (secondary N) is 1. The smallest absolute Gasteiger partial charge is 0.480 e. The predicted octanol–water partition coefficient (Wildman–Crippen LogP) is 4.74. The van der Waals surface area contributed by atoms with Crippen molar-refractivity contribution < 1.29 is 48.0 Å². The van der Waals surface area contributed by atoms with Crippen molar-refractivity contribution in [3.8, 4) is 11.5 Å². The van der Waals surface area contributed by atoms with Crippen LogP contribution in [0.2, 0.25) is 0 Å². The van der Waals surface area contributed by atoms with Crippen LogP contribution in [0.3, 0.4) is 0 Å². The minimum Gasteiger partial charge on any atom is -0.480 e. The lowest BCUT2D eigenvalue weighted by atomic mass is 10.0. The van der Waals surface area contributed by atoms with E-state index in [-0.39, 0.29) is 50.1 Å². The molecule has 11 nitrogen and oxygen atoms in total. The first-order valence-corrected chi connectivity index (χ1v) is 12.9. The third kappa shape index (κ3) is 13.8. The minimum atomic E-state index is -1.12. The standard InChI is InChI=1S/C27H41NO10/c1-7-24(29)36-19(6)16-28-21(25(30)31)14-20-8-9-22(37-26(32)34-12-10-17(2)3)23(15-20)38-27(33)35-13-11-18(4)5/h8-9,15,17-19,21,28H,7,10-14,16H2,1-6H3,(H,30,31)/t19?,21-/m0/s1. The van der Waals surface area contributed by atoms with Gasteiger partial charge in [0.15, 0.2) is 11.5 Å². The fourth-order valence-corrected chi connectivity index (χ4v) is 2.98. The van der Waals surface area contributed by atoms with Crippen molar-refractivity contribution >= 4 is 24.2 Å². The quantitative estimate of drug-likeness (QED) is 0.171. The summed E-state index contributed by atoms with van der Waals surface area (Å²) in [4.78, 5) is 47.7. The highest BCUT2D eigenvalue weighted by Gasteiger charge is 2.22. The molecule has 0 heterocycles. The first kappa shape index (κ1) is 32.7. The molecular weight excluding hydrogens is 498 g/mol. The van der Waals surface area contributed by atoms with Crippen LogP contribution in [0, 0.1) is 11.8 Å². The zero-order valence-electron chi connectivity index (χ0n) is 23.1. The molecule has 0 amide bonds. The van der Waals surface area contributed by atoms with Crippen molar-refractivity contribution in [2.24, 2.45) is 11.8 Å². The van der Waals surface area contributed by atoms with Gasteiger partial charge in [-0.25, -0.2) is 9.59 Å². The summed E-state index contributed by atoms with van der Waals surface area (Å²) in [6.45, 7) is 11.7. The lowest BCUT2D eigenvalue weighted by Crippen LogP contribution is -2.42. The van der Waals surface area contributed by atoms with Crippen LogP contribution in [0.5, 0.6) is 11.5 Å². The summed E-state index contributed by atoms with van der Waals surface area (Å²) in [5.74, 6) is -1.05. The van der Waals surface area contributed by atoms with Crippen LogP contribution in [-0.2, 0) is 30.2 Å². The van der Waals surface area contributed by atoms with Crippen molar-refractivity contribution in [2.75, 3.05) is 19.8 Å². The number of ether oxygens (including phenoxy) is 5. The van der Waals surface area contributed by atoms with Gasteiger partial charge in [0.25, 0.3) is 0 Å². The van der Waals surface area contributed by atoms with E-state index in [1.807, 2.05) is 27.7 Å². The topological polar surface area (TPSA) is 147 Å². The normalized spacial score (nSPS) is 12.5. The number of benzene rings is 1. The Labute approximate surface area is 224 Å². The molecule has 2 atom stereocenters.